The van der Waals surface area contributed by atoms with Gasteiger partial charge in [-0.3, -0.25) is 19.2 Å². The quantitative estimate of drug-likeness (QED) is 0.520. The van der Waals surface area contributed by atoms with Crippen molar-refractivity contribution in [1.29, 1.82) is 0 Å². The lowest BCUT2D eigenvalue weighted by atomic mass is 9.66. The van der Waals surface area contributed by atoms with Gasteiger partial charge in [-0.25, -0.2) is 0 Å². The molecule has 2 aliphatic rings. The summed E-state index contributed by atoms with van der Waals surface area (Å²) in [6, 6.07) is -0.673. The second-order valence-corrected chi connectivity index (χ2v) is 7.57. The second-order valence-electron chi connectivity index (χ2n) is 7.57. The number of hydrogen-bond donors (Lipinski definition) is 3. The largest absolute Gasteiger partial charge is 0.370 e. The van der Waals surface area contributed by atoms with Crippen LogP contribution >= 0.6 is 13.5 Å². The maximum Gasteiger partial charge on any atom is 0.240 e. The summed E-state index contributed by atoms with van der Waals surface area (Å²) in [6.45, 7) is 4.18. The number of primary amides is 2. The van der Waals surface area contributed by atoms with E-state index < -0.39 is 23.3 Å². The molecule has 1 aliphatic carbocycles. The van der Waals surface area contributed by atoms with Crippen LogP contribution in [0.3, 0.4) is 0 Å². The molecule has 1 aliphatic heterocycles. The van der Waals surface area contributed by atoms with Gasteiger partial charge in [0.05, 0.1) is 5.41 Å². The molecule has 2 fully saturated rings. The normalized spacial score (nSPS) is 26.0. The van der Waals surface area contributed by atoms with Crippen LogP contribution in [0.15, 0.2) is 0 Å². The van der Waals surface area contributed by atoms with Gasteiger partial charge in [-0.2, -0.15) is 13.5 Å². The van der Waals surface area contributed by atoms with Crippen LogP contribution in [0.5, 0.6) is 0 Å². The summed E-state index contributed by atoms with van der Waals surface area (Å²) in [6.07, 6.45) is 3.06. The van der Waals surface area contributed by atoms with Crippen LogP contribution in [0.1, 0.15) is 52.4 Å². The molecule has 0 bridgehead atoms. The zero-order chi connectivity index (χ0) is 18.8. The van der Waals surface area contributed by atoms with Gasteiger partial charge in [-0.05, 0) is 32.1 Å². The number of nitrogens with two attached hydrogens (primary N) is 2. The molecular formula is C17H30N4O4S. The summed E-state index contributed by atoms with van der Waals surface area (Å²) in [7, 11) is 0. The van der Waals surface area contributed by atoms with Crippen LogP contribution < -0.4 is 16.8 Å². The van der Waals surface area contributed by atoms with Gasteiger partial charge < -0.3 is 21.7 Å². The fraction of sp³-hybridized carbons (Fsp3) is 0.765. The van der Waals surface area contributed by atoms with Gasteiger partial charge in [0.2, 0.25) is 23.6 Å². The number of nitrogens with one attached hydrogen (secondary N) is 1. The third-order valence-corrected chi connectivity index (χ3v) is 5.37. The van der Waals surface area contributed by atoms with Crippen molar-refractivity contribution in [3.05, 3.63) is 0 Å². The van der Waals surface area contributed by atoms with Crippen molar-refractivity contribution < 1.29 is 19.2 Å². The van der Waals surface area contributed by atoms with E-state index >= 15 is 0 Å². The highest BCUT2D eigenvalue weighted by Gasteiger charge is 2.55. The second kappa shape index (κ2) is 8.75. The SMILES string of the molecule is CC(C)C(=O)NC1CCC2(CC1)CN([C@@H](CCC(N)=O)C(N)=O)C2=O.S. The van der Waals surface area contributed by atoms with Gasteiger partial charge in [0.15, 0.2) is 0 Å². The van der Waals surface area contributed by atoms with E-state index in [1.165, 1.54) is 4.90 Å². The van der Waals surface area contributed by atoms with E-state index in [4.69, 9.17) is 11.5 Å². The molecule has 2 rings (SSSR count). The average molecular weight is 387 g/mol. The molecular weight excluding hydrogens is 356 g/mol. The van der Waals surface area contributed by atoms with Crippen LogP contribution in [-0.2, 0) is 19.2 Å². The molecule has 0 radical (unpaired) electrons. The van der Waals surface area contributed by atoms with Crippen molar-refractivity contribution in [1.82, 2.24) is 10.2 Å². The Balaban J connectivity index is 0.00000338. The first-order chi connectivity index (χ1) is 11.7. The Morgan fingerprint density at radius 1 is 1.23 bits per heavy atom. The van der Waals surface area contributed by atoms with Crippen LogP contribution in [0, 0.1) is 11.3 Å². The van der Waals surface area contributed by atoms with E-state index in [1.54, 1.807) is 0 Å². The lowest BCUT2D eigenvalue weighted by molar-refractivity contribution is -0.171. The van der Waals surface area contributed by atoms with E-state index in [9.17, 15) is 19.2 Å². The summed E-state index contributed by atoms with van der Waals surface area (Å²) >= 11 is 0. The van der Waals surface area contributed by atoms with Crippen molar-refractivity contribution >= 4 is 37.1 Å². The molecule has 0 aromatic carbocycles. The van der Waals surface area contributed by atoms with E-state index in [0.717, 1.165) is 12.8 Å². The van der Waals surface area contributed by atoms with Gasteiger partial charge in [0.25, 0.3) is 0 Å². The minimum atomic E-state index is -0.774. The fourth-order valence-electron chi connectivity index (χ4n) is 3.72. The summed E-state index contributed by atoms with van der Waals surface area (Å²) < 4.78 is 0. The zero-order valence-corrected chi connectivity index (χ0v) is 16.4. The molecule has 0 aromatic heterocycles. The summed E-state index contributed by atoms with van der Waals surface area (Å²) in [5, 5.41) is 3.01. The summed E-state index contributed by atoms with van der Waals surface area (Å²) in [5.74, 6) is -1.23. The molecule has 5 N–H and O–H groups in total. The summed E-state index contributed by atoms with van der Waals surface area (Å²) in [4.78, 5) is 48.5. The van der Waals surface area contributed by atoms with Crippen molar-refractivity contribution in [2.45, 2.75) is 64.5 Å². The van der Waals surface area contributed by atoms with Gasteiger partial charge in [-0.1, -0.05) is 13.8 Å². The highest BCUT2D eigenvalue weighted by atomic mass is 32.1. The highest BCUT2D eigenvalue weighted by molar-refractivity contribution is 7.59. The van der Waals surface area contributed by atoms with Crippen LogP contribution in [0.4, 0.5) is 0 Å². The Hall–Kier alpha value is -1.77. The molecule has 1 saturated carbocycles. The monoisotopic (exact) mass is 386 g/mol. The first-order valence-corrected chi connectivity index (χ1v) is 8.85. The fourth-order valence-corrected chi connectivity index (χ4v) is 3.72. The molecule has 1 atom stereocenters. The lowest BCUT2D eigenvalue weighted by Gasteiger charge is -2.54. The highest BCUT2D eigenvalue weighted by Crippen LogP contribution is 2.46. The van der Waals surface area contributed by atoms with Crippen molar-refractivity contribution in [3.8, 4) is 0 Å². The smallest absolute Gasteiger partial charge is 0.240 e. The molecule has 8 nitrogen and oxygen atoms in total. The maximum absolute atomic E-state index is 12.7. The number of nitrogens with zero attached hydrogens (tertiary/aromatic N) is 1. The molecule has 26 heavy (non-hydrogen) atoms. The Morgan fingerprint density at radius 3 is 2.23 bits per heavy atom. The standard InChI is InChI=1S/C17H28N4O4.H2S/c1-10(2)15(24)20-11-5-7-17(8-6-11)9-21(16(17)25)12(14(19)23)3-4-13(18)22;/h10-12H,3-9H2,1-2H3,(H2,18,22)(H2,19,23)(H,20,24);1H2/t11?,12-,17?;/m0./s1. The van der Waals surface area contributed by atoms with Crippen molar-refractivity contribution in [2.24, 2.45) is 22.8 Å². The minimum Gasteiger partial charge on any atom is -0.370 e. The number of carbonyl (C=O) groups is 4. The number of β-lactam (4-membered cyclic amide) rings is 1. The lowest BCUT2D eigenvalue weighted by Crippen LogP contribution is -2.68. The van der Waals surface area contributed by atoms with Crippen LogP contribution in [-0.4, -0.2) is 47.2 Å². The Kier molecular flexibility index (Phi) is 7.49. The average Bonchev–Trinajstić information content (AvgIpc) is 2.54. The van der Waals surface area contributed by atoms with Gasteiger partial charge in [0, 0.05) is 24.9 Å². The van der Waals surface area contributed by atoms with Gasteiger partial charge in [0.1, 0.15) is 6.04 Å². The van der Waals surface area contributed by atoms with Crippen LogP contribution in [0.25, 0.3) is 0 Å². The number of hydrogen-bond acceptors (Lipinski definition) is 4. The molecule has 9 heteroatoms. The zero-order valence-electron chi connectivity index (χ0n) is 15.4. The number of carbonyl (C=O) groups excluding carboxylic acids is 4. The van der Waals surface area contributed by atoms with E-state index in [1.807, 2.05) is 13.8 Å². The molecule has 1 heterocycles. The molecule has 0 unspecified atom stereocenters. The number of amides is 4. The molecule has 0 aromatic rings. The number of likely N-dealkylation sites (tertiary alicyclic amines) is 1. The van der Waals surface area contributed by atoms with Gasteiger partial charge >= 0.3 is 0 Å². The summed E-state index contributed by atoms with van der Waals surface area (Å²) in [5.41, 5.74) is 10.1. The molecule has 1 saturated heterocycles. The first-order valence-electron chi connectivity index (χ1n) is 8.85. The Bertz CT molecular complexity index is 573. The number of rotatable bonds is 7. The van der Waals surface area contributed by atoms with Crippen LogP contribution in [0.2, 0.25) is 0 Å². The van der Waals surface area contributed by atoms with E-state index in [2.05, 4.69) is 5.32 Å². The maximum atomic E-state index is 12.7. The molecule has 4 amide bonds. The molecule has 1 spiro atoms. The van der Waals surface area contributed by atoms with E-state index in [-0.39, 0.29) is 50.1 Å². The third-order valence-electron chi connectivity index (χ3n) is 5.37. The Morgan fingerprint density at radius 2 is 1.81 bits per heavy atom. The predicted octanol–water partition coefficient (Wildman–Crippen LogP) is -0.238. The van der Waals surface area contributed by atoms with Gasteiger partial charge in [-0.15, -0.1) is 0 Å². The van der Waals surface area contributed by atoms with Crippen molar-refractivity contribution in [2.75, 3.05) is 6.54 Å². The Labute approximate surface area is 160 Å². The topological polar surface area (TPSA) is 136 Å². The first kappa shape index (κ1) is 22.3. The third kappa shape index (κ3) is 4.69. The predicted molar refractivity (Wildman–Crippen MR) is 101 cm³/mol. The molecule has 148 valence electrons. The van der Waals surface area contributed by atoms with Crippen molar-refractivity contribution in [3.63, 3.8) is 0 Å². The van der Waals surface area contributed by atoms with E-state index in [0.29, 0.717) is 19.4 Å². The minimum absolute atomic E-state index is 0.